The molecule has 1 heterocycles. The van der Waals surface area contributed by atoms with Crippen LogP contribution in [0.4, 0.5) is 0 Å². The molecule has 41 heavy (non-hydrogen) atoms. The van der Waals surface area contributed by atoms with E-state index in [0.29, 0.717) is 34.6 Å². The maximum Gasteiger partial charge on any atom is 0.347 e. The predicted octanol–water partition coefficient (Wildman–Crippen LogP) is 6.87. The molecule has 1 aromatic heterocycles. The van der Waals surface area contributed by atoms with Gasteiger partial charge in [0.25, 0.3) is 5.56 Å². The van der Waals surface area contributed by atoms with E-state index in [1.165, 1.54) is 10.9 Å². The fourth-order valence-electron chi connectivity index (χ4n) is 4.42. The summed E-state index contributed by atoms with van der Waals surface area (Å²) in [5, 5.41) is 5.08. The first-order valence-electron chi connectivity index (χ1n) is 13.6. The van der Waals surface area contributed by atoms with E-state index in [9.17, 15) is 9.59 Å². The molecule has 0 saturated heterocycles. The molecule has 0 spiro atoms. The third-order valence-corrected chi connectivity index (χ3v) is 6.97. The zero-order chi connectivity index (χ0) is 29.7. The van der Waals surface area contributed by atoms with Crippen molar-refractivity contribution in [3.05, 3.63) is 86.1 Å². The highest BCUT2D eigenvalue weighted by Crippen LogP contribution is 2.34. The lowest BCUT2D eigenvalue weighted by Gasteiger charge is -2.18. The summed E-state index contributed by atoms with van der Waals surface area (Å²) >= 11 is 3.49. The summed E-state index contributed by atoms with van der Waals surface area (Å²) in [6.45, 7) is 12.3. The second kappa shape index (κ2) is 13.1. The van der Waals surface area contributed by atoms with Crippen molar-refractivity contribution in [1.29, 1.82) is 0 Å². The van der Waals surface area contributed by atoms with Crippen LogP contribution in [0.15, 0.2) is 69.0 Å². The molecule has 4 rings (SSSR count). The van der Waals surface area contributed by atoms with Gasteiger partial charge in [0.2, 0.25) is 0 Å². The maximum atomic E-state index is 13.8. The molecular formula is C32H34BrN3O5. The first kappa shape index (κ1) is 30.0. The second-order valence-corrected chi connectivity index (χ2v) is 10.7. The molecule has 8 nitrogen and oxygen atoms in total. The van der Waals surface area contributed by atoms with Crippen molar-refractivity contribution >= 4 is 39.0 Å². The number of carbonyl (C=O) groups excluding carboxylic acids is 1. The van der Waals surface area contributed by atoms with Gasteiger partial charge in [-0.15, -0.1) is 0 Å². The van der Waals surface area contributed by atoms with Gasteiger partial charge in [0.05, 0.1) is 30.3 Å². The molecule has 0 amide bonds. The minimum absolute atomic E-state index is 0.183. The molecule has 0 aliphatic heterocycles. The van der Waals surface area contributed by atoms with Crippen LogP contribution in [0.25, 0.3) is 22.3 Å². The fourth-order valence-corrected chi connectivity index (χ4v) is 4.80. The molecule has 0 saturated carbocycles. The lowest BCUT2D eigenvalue weighted by Crippen LogP contribution is -2.26. The Labute approximate surface area is 248 Å². The minimum atomic E-state index is -0.829. The van der Waals surface area contributed by atoms with Gasteiger partial charge < -0.3 is 14.2 Å². The van der Waals surface area contributed by atoms with Gasteiger partial charge in [0.1, 0.15) is 11.5 Å². The Kier molecular flexibility index (Phi) is 9.60. The van der Waals surface area contributed by atoms with Crippen molar-refractivity contribution in [1.82, 2.24) is 9.66 Å². The van der Waals surface area contributed by atoms with Crippen LogP contribution in [0.3, 0.4) is 0 Å². The van der Waals surface area contributed by atoms with Gasteiger partial charge in [-0.2, -0.15) is 9.78 Å². The molecule has 0 bridgehead atoms. The zero-order valence-electron chi connectivity index (χ0n) is 24.1. The predicted molar refractivity (Wildman–Crippen MR) is 165 cm³/mol. The average Bonchev–Trinajstić information content (AvgIpc) is 2.94. The number of hydrogen-bond acceptors (Lipinski definition) is 7. The van der Waals surface area contributed by atoms with Gasteiger partial charge in [-0.05, 0) is 87.2 Å². The Bertz CT molecular complexity index is 1660. The Balaban J connectivity index is 1.90. The molecule has 0 fully saturated rings. The number of aromatic nitrogens is 2. The summed E-state index contributed by atoms with van der Waals surface area (Å²) in [5.74, 6) is 1.35. The van der Waals surface area contributed by atoms with E-state index in [1.807, 2.05) is 38.1 Å². The summed E-state index contributed by atoms with van der Waals surface area (Å²) in [5.41, 5.74) is 3.53. The van der Waals surface area contributed by atoms with Gasteiger partial charge >= 0.3 is 5.97 Å². The Hall–Kier alpha value is -3.98. The maximum absolute atomic E-state index is 13.8. The molecule has 3 aromatic carbocycles. The van der Waals surface area contributed by atoms with Crippen LogP contribution in [0, 0.1) is 6.92 Å². The first-order chi connectivity index (χ1) is 19.6. The number of benzene rings is 3. The fraction of sp³-hybridized carbons (Fsp3) is 0.312. The van der Waals surface area contributed by atoms with Crippen LogP contribution in [0.5, 0.6) is 11.5 Å². The normalized spacial score (nSPS) is 12.2. The van der Waals surface area contributed by atoms with Crippen molar-refractivity contribution in [2.75, 3.05) is 13.2 Å². The number of para-hydroxylation sites is 1. The van der Waals surface area contributed by atoms with Crippen LogP contribution in [-0.2, 0) is 9.53 Å². The number of fused-ring (bicyclic) bond motifs is 1. The molecule has 0 aliphatic rings. The Morgan fingerprint density at radius 2 is 1.80 bits per heavy atom. The minimum Gasteiger partial charge on any atom is -0.494 e. The summed E-state index contributed by atoms with van der Waals surface area (Å²) in [7, 11) is 0. The van der Waals surface area contributed by atoms with E-state index in [0.717, 1.165) is 26.9 Å². The van der Waals surface area contributed by atoms with E-state index < -0.39 is 12.1 Å². The molecular weight excluding hydrogens is 586 g/mol. The lowest BCUT2D eigenvalue weighted by molar-refractivity contribution is -0.150. The largest absolute Gasteiger partial charge is 0.494 e. The molecule has 0 aliphatic carbocycles. The number of esters is 1. The third-order valence-electron chi connectivity index (χ3n) is 6.48. The van der Waals surface area contributed by atoms with E-state index in [-0.39, 0.29) is 18.1 Å². The van der Waals surface area contributed by atoms with Crippen molar-refractivity contribution in [3.8, 4) is 22.9 Å². The molecule has 0 radical (unpaired) electrons. The van der Waals surface area contributed by atoms with E-state index in [2.05, 4.69) is 34.9 Å². The van der Waals surface area contributed by atoms with E-state index in [4.69, 9.17) is 19.2 Å². The third kappa shape index (κ3) is 6.68. The number of nitrogens with zero attached hydrogens (tertiary/aromatic N) is 3. The Morgan fingerprint density at radius 3 is 2.51 bits per heavy atom. The van der Waals surface area contributed by atoms with Crippen LogP contribution in [-0.4, -0.2) is 41.2 Å². The number of rotatable bonds is 10. The quantitative estimate of drug-likeness (QED) is 0.142. The molecule has 214 valence electrons. The van der Waals surface area contributed by atoms with Crippen LogP contribution in [0.1, 0.15) is 57.2 Å². The number of hydrogen-bond donors (Lipinski definition) is 0. The summed E-state index contributed by atoms with van der Waals surface area (Å²) in [6, 6.07) is 16.6. The van der Waals surface area contributed by atoms with Gasteiger partial charge in [-0.3, -0.25) is 4.79 Å². The van der Waals surface area contributed by atoms with Crippen molar-refractivity contribution < 1.29 is 19.0 Å². The second-order valence-electron chi connectivity index (χ2n) is 9.80. The van der Waals surface area contributed by atoms with Crippen molar-refractivity contribution in [2.24, 2.45) is 5.10 Å². The average molecular weight is 621 g/mol. The number of halogens is 1. The number of ether oxygens (including phenoxy) is 3. The smallest absolute Gasteiger partial charge is 0.347 e. The van der Waals surface area contributed by atoms with Gasteiger partial charge in [-0.1, -0.05) is 41.9 Å². The van der Waals surface area contributed by atoms with Crippen LogP contribution >= 0.6 is 15.9 Å². The van der Waals surface area contributed by atoms with Gasteiger partial charge in [0.15, 0.2) is 11.9 Å². The van der Waals surface area contributed by atoms with E-state index >= 15 is 0 Å². The summed E-state index contributed by atoms with van der Waals surface area (Å²) in [4.78, 5) is 30.9. The van der Waals surface area contributed by atoms with Crippen LogP contribution < -0.4 is 15.0 Å². The van der Waals surface area contributed by atoms with Crippen molar-refractivity contribution in [2.45, 2.75) is 53.6 Å². The first-order valence-corrected chi connectivity index (χ1v) is 14.4. The summed E-state index contributed by atoms with van der Waals surface area (Å²) in [6.07, 6.45) is 0.705. The zero-order valence-corrected chi connectivity index (χ0v) is 25.7. The highest BCUT2D eigenvalue weighted by molar-refractivity contribution is 9.10. The highest BCUT2D eigenvalue weighted by atomic mass is 79.9. The highest BCUT2D eigenvalue weighted by Gasteiger charge is 2.20. The SMILES string of the molecule is CCOC(=O)[C@@H](C)Oc1ccc(Br)cc1C=Nn1c(-c2cc(C(C)C)c(OCC)cc2C)nc2ccccc2c1=O. The number of aryl methyl sites for hydroxylation is 1. The molecule has 0 N–H and O–H groups in total. The standard InChI is InChI=1S/C32H34BrN3O5/c1-7-39-29-15-20(5)26(17-25(29)19(3)4)30-35-27-12-10-9-11-24(27)31(37)36(30)34-18-22-16-23(33)13-14-28(22)41-21(6)32(38)40-8-2/h9-19,21H,7-8H2,1-6H3/t21-/m1/s1. The van der Waals surface area contributed by atoms with Gasteiger partial charge in [0, 0.05) is 15.6 Å². The van der Waals surface area contributed by atoms with Crippen molar-refractivity contribution in [3.63, 3.8) is 0 Å². The lowest BCUT2D eigenvalue weighted by atomic mass is 9.96. The summed E-state index contributed by atoms with van der Waals surface area (Å²) < 4.78 is 19.0. The number of carbonyl (C=O) groups is 1. The monoisotopic (exact) mass is 619 g/mol. The molecule has 9 heteroatoms. The molecule has 4 aromatic rings. The Morgan fingerprint density at radius 1 is 1.05 bits per heavy atom. The van der Waals surface area contributed by atoms with Gasteiger partial charge in [-0.25, -0.2) is 9.78 Å². The molecule has 1 atom stereocenters. The molecule has 0 unspecified atom stereocenters. The topological polar surface area (TPSA) is 92.0 Å². The van der Waals surface area contributed by atoms with E-state index in [1.54, 1.807) is 44.2 Å². The van der Waals surface area contributed by atoms with Crippen LogP contribution in [0.2, 0.25) is 0 Å².